The lowest BCUT2D eigenvalue weighted by Gasteiger charge is -2.34. The fraction of sp³-hybridized carbons (Fsp3) is 0.778. The highest BCUT2D eigenvalue weighted by Crippen LogP contribution is 2.31. The average molecular weight is 508 g/mol. The van der Waals surface area contributed by atoms with E-state index in [4.69, 9.17) is 4.74 Å². The Labute approximate surface area is 215 Å². The third-order valence-corrected chi connectivity index (χ3v) is 8.17. The third-order valence-electron chi connectivity index (χ3n) is 7.24. The van der Waals surface area contributed by atoms with Gasteiger partial charge in [0, 0.05) is 44.8 Å². The number of hydrogen-bond acceptors (Lipinski definition) is 6. The van der Waals surface area contributed by atoms with Crippen LogP contribution in [0.1, 0.15) is 114 Å². The molecule has 0 aromatic carbocycles. The van der Waals surface area contributed by atoms with E-state index in [1.54, 1.807) is 10.3 Å². The van der Waals surface area contributed by atoms with Gasteiger partial charge in [0.15, 0.2) is 6.10 Å². The lowest BCUT2D eigenvalue weighted by molar-refractivity contribution is -0.148. The molecule has 0 bridgehead atoms. The summed E-state index contributed by atoms with van der Waals surface area (Å²) in [6, 6.07) is -0.118. The monoisotopic (exact) mass is 507 g/mol. The lowest BCUT2D eigenvalue weighted by Crippen LogP contribution is -2.42. The first kappa shape index (κ1) is 29.3. The van der Waals surface area contributed by atoms with Crippen molar-refractivity contribution < 1.29 is 19.1 Å². The SMILES string of the molecule is CC[C@H](C)CC(=O)N(C)[C@H](C[C@@H](OC(C)=O)c1nc(C(=O)NCCC2CCCCC2)cs1)C(C)C. The van der Waals surface area contributed by atoms with E-state index in [9.17, 15) is 14.4 Å². The quantitative estimate of drug-likeness (QED) is 0.343. The number of carbonyl (C=O) groups is 3. The zero-order valence-electron chi connectivity index (χ0n) is 22.5. The third kappa shape index (κ3) is 9.54. The van der Waals surface area contributed by atoms with Crippen molar-refractivity contribution in [1.29, 1.82) is 0 Å². The summed E-state index contributed by atoms with van der Waals surface area (Å²) in [6.07, 6.45) is 8.72. The summed E-state index contributed by atoms with van der Waals surface area (Å²) in [5.41, 5.74) is 0.355. The van der Waals surface area contributed by atoms with Gasteiger partial charge in [0.05, 0.1) is 0 Å². The summed E-state index contributed by atoms with van der Waals surface area (Å²) in [5.74, 6) is 0.695. The molecule has 8 heteroatoms. The Hall–Kier alpha value is -1.96. The van der Waals surface area contributed by atoms with Gasteiger partial charge in [0.25, 0.3) is 5.91 Å². The van der Waals surface area contributed by atoms with Crippen LogP contribution in [0, 0.1) is 17.8 Å². The number of thiazole rings is 1. The number of esters is 1. The summed E-state index contributed by atoms with van der Waals surface area (Å²) >= 11 is 1.32. The van der Waals surface area contributed by atoms with Crippen LogP contribution >= 0.6 is 11.3 Å². The maximum Gasteiger partial charge on any atom is 0.303 e. The molecule has 0 radical (unpaired) electrons. The van der Waals surface area contributed by atoms with E-state index in [2.05, 4.69) is 38.0 Å². The van der Waals surface area contributed by atoms with E-state index < -0.39 is 12.1 Å². The summed E-state index contributed by atoms with van der Waals surface area (Å²) in [5, 5.41) is 5.31. The number of nitrogens with one attached hydrogen (secondary N) is 1. The molecular weight excluding hydrogens is 462 g/mol. The van der Waals surface area contributed by atoms with Crippen LogP contribution in [0.25, 0.3) is 0 Å². The van der Waals surface area contributed by atoms with Gasteiger partial charge in [-0.1, -0.05) is 66.2 Å². The van der Waals surface area contributed by atoms with Crippen LogP contribution in [-0.2, 0) is 14.3 Å². The van der Waals surface area contributed by atoms with Crippen LogP contribution in [0.15, 0.2) is 5.38 Å². The predicted octanol–water partition coefficient (Wildman–Crippen LogP) is 5.76. The molecule has 1 fully saturated rings. The molecule has 1 aromatic rings. The fourth-order valence-corrected chi connectivity index (χ4v) is 5.60. The highest BCUT2D eigenvalue weighted by molar-refractivity contribution is 7.09. The summed E-state index contributed by atoms with van der Waals surface area (Å²) in [6.45, 7) is 10.3. The van der Waals surface area contributed by atoms with E-state index in [1.807, 2.05) is 7.05 Å². The number of nitrogens with zero attached hydrogens (tertiary/aromatic N) is 2. The Morgan fingerprint density at radius 1 is 1.20 bits per heavy atom. The fourth-order valence-electron chi connectivity index (χ4n) is 4.76. The van der Waals surface area contributed by atoms with Crippen LogP contribution in [0.2, 0.25) is 0 Å². The number of ether oxygens (including phenoxy) is 1. The number of rotatable bonds is 13. The molecule has 0 saturated heterocycles. The minimum atomic E-state index is -0.604. The molecular formula is C27H45N3O4S. The van der Waals surface area contributed by atoms with Gasteiger partial charge in [-0.05, 0) is 24.2 Å². The zero-order chi connectivity index (χ0) is 26.0. The average Bonchev–Trinajstić information content (AvgIpc) is 3.31. The van der Waals surface area contributed by atoms with Crippen molar-refractivity contribution >= 4 is 29.1 Å². The van der Waals surface area contributed by atoms with Gasteiger partial charge in [0.1, 0.15) is 10.7 Å². The van der Waals surface area contributed by atoms with Gasteiger partial charge in [-0.15, -0.1) is 11.3 Å². The standard InChI is InChI=1S/C27H45N3O4S/c1-7-19(4)15-25(32)30(6)23(18(2)3)16-24(34-20(5)31)27-29-22(17-35-27)26(33)28-14-13-21-11-9-8-10-12-21/h17-19,21,23-24H,7-16H2,1-6H3,(H,28,33)/t19-,23+,24+/m0/s1. The molecule has 1 aliphatic rings. The van der Waals surface area contributed by atoms with Crippen molar-refractivity contribution in [1.82, 2.24) is 15.2 Å². The van der Waals surface area contributed by atoms with Crippen LogP contribution in [-0.4, -0.2) is 47.3 Å². The Kier molecular flexibility index (Phi) is 12.2. The normalized spacial score (nSPS) is 17.0. The number of aromatic nitrogens is 1. The number of carbonyl (C=O) groups excluding carboxylic acids is 3. The topological polar surface area (TPSA) is 88.6 Å². The van der Waals surface area contributed by atoms with Crippen LogP contribution in [0.5, 0.6) is 0 Å². The predicted molar refractivity (Wildman–Crippen MR) is 140 cm³/mol. The van der Waals surface area contributed by atoms with Crippen LogP contribution < -0.4 is 5.32 Å². The maximum absolute atomic E-state index is 12.9. The molecule has 1 saturated carbocycles. The van der Waals surface area contributed by atoms with Crippen molar-refractivity contribution in [3.63, 3.8) is 0 Å². The molecule has 7 nitrogen and oxygen atoms in total. The highest BCUT2D eigenvalue weighted by Gasteiger charge is 2.31. The number of hydrogen-bond donors (Lipinski definition) is 1. The summed E-state index contributed by atoms with van der Waals surface area (Å²) in [7, 11) is 1.83. The molecule has 0 spiro atoms. The van der Waals surface area contributed by atoms with Crippen molar-refractivity contribution in [3.05, 3.63) is 16.1 Å². The lowest BCUT2D eigenvalue weighted by atomic mass is 9.87. The van der Waals surface area contributed by atoms with Gasteiger partial charge >= 0.3 is 5.97 Å². The van der Waals surface area contributed by atoms with E-state index in [1.165, 1.54) is 50.4 Å². The Bertz CT molecular complexity index is 819. The molecule has 0 aliphatic heterocycles. The Balaban J connectivity index is 2.05. The minimum Gasteiger partial charge on any atom is -0.455 e. The van der Waals surface area contributed by atoms with Gasteiger partial charge in [-0.25, -0.2) is 4.98 Å². The van der Waals surface area contributed by atoms with Crippen LogP contribution in [0.4, 0.5) is 0 Å². The zero-order valence-corrected chi connectivity index (χ0v) is 23.3. The van der Waals surface area contributed by atoms with Gasteiger partial charge in [-0.2, -0.15) is 0 Å². The first-order valence-corrected chi connectivity index (χ1v) is 14.2. The summed E-state index contributed by atoms with van der Waals surface area (Å²) in [4.78, 5) is 43.8. The largest absolute Gasteiger partial charge is 0.455 e. The van der Waals surface area contributed by atoms with Crippen LogP contribution in [0.3, 0.4) is 0 Å². The first-order chi connectivity index (χ1) is 16.6. The molecule has 3 atom stereocenters. The molecule has 35 heavy (non-hydrogen) atoms. The molecule has 1 aromatic heterocycles. The molecule has 2 amide bonds. The Morgan fingerprint density at radius 2 is 1.89 bits per heavy atom. The van der Waals surface area contributed by atoms with E-state index in [0.29, 0.717) is 41.9 Å². The molecule has 1 heterocycles. The van der Waals surface area contributed by atoms with E-state index in [0.717, 1.165) is 12.8 Å². The molecule has 1 N–H and O–H groups in total. The van der Waals surface area contributed by atoms with Gasteiger partial charge < -0.3 is 15.0 Å². The van der Waals surface area contributed by atoms with E-state index in [-0.39, 0.29) is 23.8 Å². The Morgan fingerprint density at radius 3 is 2.49 bits per heavy atom. The second kappa shape index (κ2) is 14.6. The first-order valence-electron chi connectivity index (χ1n) is 13.3. The minimum absolute atomic E-state index is 0.0943. The molecule has 0 unspecified atom stereocenters. The van der Waals surface area contributed by atoms with E-state index >= 15 is 0 Å². The molecule has 198 valence electrons. The number of amides is 2. The second-order valence-corrected chi connectivity index (χ2v) is 11.4. The van der Waals surface area contributed by atoms with Crippen molar-refractivity contribution in [3.8, 4) is 0 Å². The van der Waals surface area contributed by atoms with Crippen molar-refractivity contribution in [2.45, 2.75) is 105 Å². The van der Waals surface area contributed by atoms with Crippen molar-refractivity contribution in [2.75, 3.05) is 13.6 Å². The van der Waals surface area contributed by atoms with Gasteiger partial charge in [0.2, 0.25) is 5.91 Å². The second-order valence-electron chi connectivity index (χ2n) is 10.5. The van der Waals surface area contributed by atoms with Gasteiger partial charge in [-0.3, -0.25) is 14.4 Å². The molecule has 1 aliphatic carbocycles. The summed E-state index contributed by atoms with van der Waals surface area (Å²) < 4.78 is 5.64. The smallest absolute Gasteiger partial charge is 0.303 e. The highest BCUT2D eigenvalue weighted by atomic mass is 32.1. The van der Waals surface area contributed by atoms with Crippen molar-refractivity contribution in [2.24, 2.45) is 17.8 Å². The maximum atomic E-state index is 12.9. The molecule has 2 rings (SSSR count).